The highest BCUT2D eigenvalue weighted by Gasteiger charge is 2.24. The van der Waals surface area contributed by atoms with E-state index in [4.69, 9.17) is 0 Å². The minimum atomic E-state index is 0.395. The Kier molecular flexibility index (Phi) is 14.5. The van der Waals surface area contributed by atoms with Crippen molar-refractivity contribution in [3.63, 3.8) is 0 Å². The molecule has 0 unspecified atom stereocenters. The Morgan fingerprint density at radius 3 is 1.41 bits per heavy atom. The standard InChI is InChI=1S/C21H45N/c1-6-9-12-13-14-15-16-17-18-21(4,5)22(19-10-7-2)20-11-8-3/h6-20H2,1-5H3. The van der Waals surface area contributed by atoms with E-state index in [0.29, 0.717) is 5.54 Å². The quantitative estimate of drug-likeness (QED) is 0.272. The van der Waals surface area contributed by atoms with E-state index in [2.05, 4.69) is 39.5 Å². The van der Waals surface area contributed by atoms with Crippen molar-refractivity contribution >= 4 is 0 Å². The van der Waals surface area contributed by atoms with Crippen LogP contribution in [0.5, 0.6) is 0 Å². The minimum Gasteiger partial charge on any atom is -0.298 e. The van der Waals surface area contributed by atoms with Crippen LogP contribution in [-0.2, 0) is 0 Å². The molecule has 1 nitrogen and oxygen atoms in total. The molecule has 0 heterocycles. The summed E-state index contributed by atoms with van der Waals surface area (Å²) in [6.45, 7) is 14.4. The molecule has 0 aliphatic rings. The molecule has 22 heavy (non-hydrogen) atoms. The molecule has 0 rings (SSSR count). The highest BCUT2D eigenvalue weighted by molar-refractivity contribution is 4.81. The normalized spacial score (nSPS) is 12.3. The summed E-state index contributed by atoms with van der Waals surface area (Å²) in [6.07, 6.45) is 18.1. The van der Waals surface area contributed by atoms with Crippen molar-refractivity contribution in [2.24, 2.45) is 0 Å². The lowest BCUT2D eigenvalue weighted by Gasteiger charge is -2.39. The van der Waals surface area contributed by atoms with Crippen LogP contribution in [-0.4, -0.2) is 23.5 Å². The molecule has 0 aromatic carbocycles. The monoisotopic (exact) mass is 311 g/mol. The van der Waals surface area contributed by atoms with Crippen molar-refractivity contribution in [3.8, 4) is 0 Å². The maximum absolute atomic E-state index is 2.77. The molecule has 0 aromatic rings. The van der Waals surface area contributed by atoms with Crippen molar-refractivity contribution in [2.75, 3.05) is 13.1 Å². The van der Waals surface area contributed by atoms with Gasteiger partial charge in [-0.25, -0.2) is 0 Å². The summed E-state index contributed by atoms with van der Waals surface area (Å²) in [5, 5.41) is 0. The van der Waals surface area contributed by atoms with Crippen LogP contribution < -0.4 is 0 Å². The van der Waals surface area contributed by atoms with Crippen LogP contribution in [0, 0.1) is 0 Å². The Hall–Kier alpha value is -0.0400. The summed E-state index contributed by atoms with van der Waals surface area (Å²) in [5.74, 6) is 0. The van der Waals surface area contributed by atoms with Gasteiger partial charge in [0.05, 0.1) is 0 Å². The maximum atomic E-state index is 2.77. The highest BCUT2D eigenvalue weighted by atomic mass is 15.2. The molecule has 134 valence electrons. The summed E-state index contributed by atoms with van der Waals surface area (Å²) in [7, 11) is 0. The van der Waals surface area contributed by atoms with E-state index in [9.17, 15) is 0 Å². The summed E-state index contributed by atoms with van der Waals surface area (Å²) < 4.78 is 0. The average molecular weight is 312 g/mol. The second kappa shape index (κ2) is 14.5. The first-order valence-electron chi connectivity index (χ1n) is 10.3. The maximum Gasteiger partial charge on any atom is 0.0153 e. The van der Waals surface area contributed by atoms with Crippen molar-refractivity contribution in [2.45, 2.75) is 124 Å². The summed E-state index contributed by atoms with van der Waals surface area (Å²) in [4.78, 5) is 2.77. The number of hydrogen-bond donors (Lipinski definition) is 0. The van der Waals surface area contributed by atoms with Crippen LogP contribution in [0.15, 0.2) is 0 Å². The Labute approximate surface area is 142 Å². The molecule has 0 saturated carbocycles. The third-order valence-corrected chi connectivity index (χ3v) is 5.06. The predicted molar refractivity (Wildman–Crippen MR) is 103 cm³/mol. The SMILES string of the molecule is CCCCCCCCCCC(C)(C)N(CCCC)CCCC. The zero-order valence-corrected chi connectivity index (χ0v) is 16.6. The molecule has 0 radical (unpaired) electrons. The fourth-order valence-electron chi connectivity index (χ4n) is 3.26. The van der Waals surface area contributed by atoms with Gasteiger partial charge in [-0.15, -0.1) is 0 Å². The first-order chi connectivity index (χ1) is 10.6. The molecule has 1 heteroatoms. The molecule has 0 aliphatic carbocycles. The fourth-order valence-corrected chi connectivity index (χ4v) is 3.26. The Morgan fingerprint density at radius 1 is 0.545 bits per heavy atom. The van der Waals surface area contributed by atoms with Gasteiger partial charge in [-0.1, -0.05) is 85.0 Å². The van der Waals surface area contributed by atoms with Crippen LogP contribution in [0.25, 0.3) is 0 Å². The Bertz CT molecular complexity index is 214. The number of hydrogen-bond acceptors (Lipinski definition) is 1. The molecule has 0 aromatic heterocycles. The fraction of sp³-hybridized carbons (Fsp3) is 1.00. The van der Waals surface area contributed by atoms with Gasteiger partial charge >= 0.3 is 0 Å². The van der Waals surface area contributed by atoms with Gasteiger partial charge in [-0.3, -0.25) is 4.90 Å². The third kappa shape index (κ3) is 11.5. The topological polar surface area (TPSA) is 3.24 Å². The van der Waals surface area contributed by atoms with Crippen molar-refractivity contribution in [1.82, 2.24) is 4.90 Å². The first-order valence-corrected chi connectivity index (χ1v) is 10.3. The molecule has 0 spiro atoms. The van der Waals surface area contributed by atoms with Gasteiger partial charge in [0, 0.05) is 5.54 Å². The van der Waals surface area contributed by atoms with E-state index in [1.165, 1.54) is 96.6 Å². The second-order valence-corrected chi connectivity index (χ2v) is 7.73. The summed E-state index contributed by atoms with van der Waals surface area (Å²) in [6, 6.07) is 0. The Balaban J connectivity index is 3.90. The lowest BCUT2D eigenvalue weighted by Crippen LogP contribution is -2.45. The molecular weight excluding hydrogens is 266 g/mol. The van der Waals surface area contributed by atoms with Crippen LogP contribution in [0.4, 0.5) is 0 Å². The first kappa shape index (κ1) is 22.0. The van der Waals surface area contributed by atoms with E-state index in [0.717, 1.165) is 0 Å². The summed E-state index contributed by atoms with van der Waals surface area (Å²) >= 11 is 0. The summed E-state index contributed by atoms with van der Waals surface area (Å²) in [5.41, 5.74) is 0.395. The van der Waals surface area contributed by atoms with Crippen LogP contribution in [0.1, 0.15) is 118 Å². The predicted octanol–water partition coefficient (Wildman–Crippen LogP) is 7.20. The molecule has 0 saturated heterocycles. The van der Waals surface area contributed by atoms with Gasteiger partial charge < -0.3 is 0 Å². The van der Waals surface area contributed by atoms with Gasteiger partial charge in [-0.2, -0.15) is 0 Å². The lowest BCUT2D eigenvalue weighted by molar-refractivity contribution is 0.104. The molecular formula is C21H45N. The zero-order chi connectivity index (χ0) is 16.7. The van der Waals surface area contributed by atoms with Crippen LogP contribution >= 0.6 is 0 Å². The van der Waals surface area contributed by atoms with E-state index in [-0.39, 0.29) is 0 Å². The molecule has 0 aliphatic heterocycles. The van der Waals surface area contributed by atoms with E-state index in [1.54, 1.807) is 0 Å². The molecule has 0 atom stereocenters. The van der Waals surface area contributed by atoms with Crippen molar-refractivity contribution in [1.29, 1.82) is 0 Å². The minimum absolute atomic E-state index is 0.395. The average Bonchev–Trinajstić information content (AvgIpc) is 2.49. The lowest BCUT2D eigenvalue weighted by atomic mass is 9.93. The smallest absolute Gasteiger partial charge is 0.0153 e. The van der Waals surface area contributed by atoms with E-state index < -0.39 is 0 Å². The zero-order valence-electron chi connectivity index (χ0n) is 16.6. The molecule has 0 bridgehead atoms. The van der Waals surface area contributed by atoms with Gasteiger partial charge in [0.25, 0.3) is 0 Å². The van der Waals surface area contributed by atoms with Crippen LogP contribution in [0.3, 0.4) is 0 Å². The van der Waals surface area contributed by atoms with Crippen molar-refractivity contribution in [3.05, 3.63) is 0 Å². The second-order valence-electron chi connectivity index (χ2n) is 7.73. The molecule has 0 N–H and O–H groups in total. The molecule has 0 fully saturated rings. The van der Waals surface area contributed by atoms with Gasteiger partial charge in [0.2, 0.25) is 0 Å². The third-order valence-electron chi connectivity index (χ3n) is 5.06. The van der Waals surface area contributed by atoms with Gasteiger partial charge in [0.1, 0.15) is 0 Å². The van der Waals surface area contributed by atoms with Crippen molar-refractivity contribution < 1.29 is 0 Å². The van der Waals surface area contributed by atoms with Gasteiger partial charge in [0.15, 0.2) is 0 Å². The largest absolute Gasteiger partial charge is 0.298 e. The van der Waals surface area contributed by atoms with Gasteiger partial charge in [-0.05, 0) is 46.2 Å². The number of nitrogens with zero attached hydrogens (tertiary/aromatic N) is 1. The van der Waals surface area contributed by atoms with Crippen LogP contribution in [0.2, 0.25) is 0 Å². The van der Waals surface area contributed by atoms with E-state index >= 15 is 0 Å². The number of unbranched alkanes of at least 4 members (excludes halogenated alkanes) is 9. The molecule has 0 amide bonds. The van der Waals surface area contributed by atoms with E-state index in [1.807, 2.05) is 0 Å². The Morgan fingerprint density at radius 2 is 0.955 bits per heavy atom. The highest BCUT2D eigenvalue weighted by Crippen LogP contribution is 2.24. The number of rotatable bonds is 16.